The molecule has 6 nitrogen and oxygen atoms in total. The number of alkyl halides is 1. The summed E-state index contributed by atoms with van der Waals surface area (Å²) in [5, 5.41) is 0.171. The summed E-state index contributed by atoms with van der Waals surface area (Å²) < 4.78 is 44.0. The van der Waals surface area contributed by atoms with E-state index in [9.17, 15) is 27.6 Å². The van der Waals surface area contributed by atoms with Crippen molar-refractivity contribution in [3.8, 4) is 0 Å². The minimum absolute atomic E-state index is 0.0279. The van der Waals surface area contributed by atoms with Crippen LogP contribution in [0.25, 0.3) is 10.9 Å². The quantitative estimate of drug-likeness (QED) is 0.452. The van der Waals surface area contributed by atoms with Crippen LogP contribution in [0.15, 0.2) is 41.0 Å². The van der Waals surface area contributed by atoms with Crippen molar-refractivity contribution in [2.75, 3.05) is 6.54 Å². The van der Waals surface area contributed by atoms with E-state index in [0.29, 0.717) is 5.52 Å². The van der Waals surface area contributed by atoms with Gasteiger partial charge in [-0.3, -0.25) is 14.4 Å². The molecule has 1 aromatic heterocycles. The second-order valence-electron chi connectivity index (χ2n) is 8.39. The molecule has 2 aromatic carbocycles. The number of nitrogens with two attached hydrogens (primary N) is 1. The number of carbonyl (C=O) groups excluding carboxylic acids is 3. The van der Waals surface area contributed by atoms with Crippen molar-refractivity contribution in [1.82, 2.24) is 9.47 Å². The maximum Gasteiger partial charge on any atom is 0.250 e. The molecule has 0 radical (unpaired) electrons. The van der Waals surface area contributed by atoms with Crippen LogP contribution in [0.4, 0.5) is 13.2 Å². The van der Waals surface area contributed by atoms with Gasteiger partial charge in [-0.15, -0.1) is 0 Å². The lowest BCUT2D eigenvalue weighted by atomic mass is 10.0. The summed E-state index contributed by atoms with van der Waals surface area (Å²) in [5.74, 6) is -2.96. The molecule has 2 heterocycles. The van der Waals surface area contributed by atoms with Crippen LogP contribution in [0, 0.1) is 11.6 Å². The SMILES string of the molecule is NC(=O)c1cn(CC(=O)N2C[C@H](F)C[C@H]2C(=O)CCc2cccc(Cl)c2F)c2cc(Br)c(F)cc12. The molecule has 11 heteroatoms. The molecule has 0 aliphatic carbocycles. The lowest BCUT2D eigenvalue weighted by molar-refractivity contribution is -0.138. The van der Waals surface area contributed by atoms with E-state index in [1.165, 1.54) is 29.0 Å². The molecule has 1 saturated heterocycles. The first-order chi connectivity index (χ1) is 16.6. The number of halogens is 5. The number of hydrogen-bond donors (Lipinski definition) is 1. The predicted molar refractivity (Wildman–Crippen MR) is 128 cm³/mol. The lowest BCUT2D eigenvalue weighted by Crippen LogP contribution is -2.42. The van der Waals surface area contributed by atoms with Crippen LogP contribution in [0.2, 0.25) is 5.02 Å². The molecule has 2 atom stereocenters. The zero-order valence-electron chi connectivity index (χ0n) is 18.2. The highest BCUT2D eigenvalue weighted by Gasteiger charge is 2.39. The van der Waals surface area contributed by atoms with Crippen molar-refractivity contribution < 1.29 is 27.6 Å². The number of rotatable bonds is 7. The lowest BCUT2D eigenvalue weighted by Gasteiger charge is -2.24. The fourth-order valence-electron chi connectivity index (χ4n) is 4.38. The fraction of sp³-hybridized carbons (Fsp3) is 0.292. The van der Waals surface area contributed by atoms with Gasteiger partial charge in [0.05, 0.1) is 33.2 Å². The van der Waals surface area contributed by atoms with Gasteiger partial charge >= 0.3 is 0 Å². The summed E-state index contributed by atoms with van der Waals surface area (Å²) in [6, 6.07) is 6.03. The zero-order chi connectivity index (χ0) is 25.4. The minimum Gasteiger partial charge on any atom is -0.366 e. The van der Waals surface area contributed by atoms with Crippen LogP contribution >= 0.6 is 27.5 Å². The molecule has 1 fully saturated rings. The Balaban J connectivity index is 1.54. The number of primary amides is 1. The van der Waals surface area contributed by atoms with E-state index in [1.54, 1.807) is 6.07 Å². The molecule has 0 bridgehead atoms. The zero-order valence-corrected chi connectivity index (χ0v) is 20.6. The number of benzene rings is 2. The molecular formula is C24H20BrClF3N3O3. The van der Waals surface area contributed by atoms with Gasteiger partial charge in [0.1, 0.15) is 24.4 Å². The number of Topliss-reactive ketones (excluding diaryl/α,β-unsaturated/α-hetero) is 1. The molecule has 2 N–H and O–H groups in total. The van der Waals surface area contributed by atoms with Crippen molar-refractivity contribution in [2.45, 2.75) is 38.0 Å². The average molecular weight is 571 g/mol. The van der Waals surface area contributed by atoms with E-state index in [-0.39, 0.29) is 58.4 Å². The number of aryl methyl sites for hydroxylation is 1. The van der Waals surface area contributed by atoms with Crippen LogP contribution in [-0.2, 0) is 22.6 Å². The molecule has 3 aromatic rings. The van der Waals surface area contributed by atoms with Crippen molar-refractivity contribution in [1.29, 1.82) is 0 Å². The van der Waals surface area contributed by atoms with E-state index in [0.717, 1.165) is 11.0 Å². The maximum absolute atomic E-state index is 14.3. The summed E-state index contributed by atoms with van der Waals surface area (Å²) >= 11 is 8.86. The predicted octanol–water partition coefficient (Wildman–Crippen LogP) is 4.58. The smallest absolute Gasteiger partial charge is 0.250 e. The monoisotopic (exact) mass is 569 g/mol. The Kier molecular flexibility index (Phi) is 7.23. The third-order valence-corrected chi connectivity index (χ3v) is 7.01. The largest absolute Gasteiger partial charge is 0.366 e. The average Bonchev–Trinajstić information content (AvgIpc) is 3.36. The molecule has 184 valence electrons. The second-order valence-corrected chi connectivity index (χ2v) is 9.65. The van der Waals surface area contributed by atoms with Crippen LogP contribution in [0.5, 0.6) is 0 Å². The van der Waals surface area contributed by atoms with Crippen molar-refractivity contribution in [2.24, 2.45) is 5.73 Å². The van der Waals surface area contributed by atoms with E-state index < -0.39 is 41.4 Å². The fourth-order valence-corrected chi connectivity index (χ4v) is 4.91. The van der Waals surface area contributed by atoms with Gasteiger partial charge in [-0.05, 0) is 46.1 Å². The Labute approximate surface area is 211 Å². The highest BCUT2D eigenvalue weighted by atomic mass is 79.9. The number of nitrogens with zero attached hydrogens (tertiary/aromatic N) is 2. The highest BCUT2D eigenvalue weighted by Crippen LogP contribution is 2.29. The molecule has 1 aliphatic rings. The second kappa shape index (κ2) is 10.0. The van der Waals surface area contributed by atoms with E-state index in [1.807, 2.05) is 0 Å². The van der Waals surface area contributed by atoms with Gasteiger partial charge in [0.2, 0.25) is 5.91 Å². The van der Waals surface area contributed by atoms with Crippen LogP contribution in [-0.4, -0.2) is 45.8 Å². The number of ketones is 1. The Morgan fingerprint density at radius 1 is 1.20 bits per heavy atom. The number of likely N-dealkylation sites (tertiary alicyclic amines) is 1. The molecule has 35 heavy (non-hydrogen) atoms. The standard InChI is InChI=1S/C24H20BrClF3N3O3/c25-16-8-19-14(7-18(16)28)15(24(30)35)10-31(19)11-22(34)32-9-13(27)6-20(32)21(33)5-4-12-2-1-3-17(26)23(12)29/h1-3,7-8,10,13,20H,4-6,9,11H2,(H2,30,35)/t13-,20+/m1/s1. The summed E-state index contributed by atoms with van der Waals surface area (Å²) in [5.41, 5.74) is 6.06. The number of fused-ring (bicyclic) bond motifs is 1. The van der Waals surface area contributed by atoms with Gasteiger partial charge in [0.25, 0.3) is 5.91 Å². The number of carbonyl (C=O) groups is 3. The molecule has 4 rings (SSSR count). The third kappa shape index (κ3) is 5.08. The Bertz CT molecular complexity index is 1350. The number of aromatic nitrogens is 1. The number of amides is 2. The van der Waals surface area contributed by atoms with Gasteiger partial charge in [-0.1, -0.05) is 23.7 Å². The van der Waals surface area contributed by atoms with E-state index in [4.69, 9.17) is 17.3 Å². The Morgan fingerprint density at radius 2 is 1.94 bits per heavy atom. The van der Waals surface area contributed by atoms with E-state index >= 15 is 0 Å². The molecule has 0 unspecified atom stereocenters. The van der Waals surface area contributed by atoms with E-state index in [2.05, 4.69) is 15.9 Å². The maximum atomic E-state index is 14.3. The van der Waals surface area contributed by atoms with Crippen LogP contribution in [0.1, 0.15) is 28.8 Å². The molecular weight excluding hydrogens is 551 g/mol. The van der Waals surface area contributed by atoms with Gasteiger partial charge < -0.3 is 15.2 Å². The Morgan fingerprint density at radius 3 is 2.66 bits per heavy atom. The minimum atomic E-state index is -1.39. The Hall–Kier alpha value is -2.85. The summed E-state index contributed by atoms with van der Waals surface area (Å²) in [4.78, 5) is 39.0. The molecule has 2 amide bonds. The molecule has 1 aliphatic heterocycles. The topological polar surface area (TPSA) is 85.4 Å². The molecule has 0 spiro atoms. The van der Waals surface area contributed by atoms with Crippen molar-refractivity contribution in [3.05, 3.63) is 68.8 Å². The summed E-state index contributed by atoms with van der Waals surface area (Å²) in [6.07, 6.45) is -0.244. The third-order valence-electron chi connectivity index (χ3n) is 6.11. The van der Waals surface area contributed by atoms with Crippen molar-refractivity contribution in [3.63, 3.8) is 0 Å². The van der Waals surface area contributed by atoms with Crippen LogP contribution in [0.3, 0.4) is 0 Å². The number of hydrogen-bond acceptors (Lipinski definition) is 3. The first-order valence-corrected chi connectivity index (χ1v) is 11.9. The van der Waals surface area contributed by atoms with Gasteiger partial charge in [-0.25, -0.2) is 13.2 Å². The first-order valence-electron chi connectivity index (χ1n) is 10.7. The first kappa shape index (κ1) is 25.2. The summed E-state index contributed by atoms with van der Waals surface area (Å²) in [7, 11) is 0. The van der Waals surface area contributed by atoms with Gasteiger partial charge in [-0.2, -0.15) is 0 Å². The highest BCUT2D eigenvalue weighted by molar-refractivity contribution is 9.10. The molecule has 0 saturated carbocycles. The van der Waals surface area contributed by atoms with Crippen molar-refractivity contribution >= 4 is 56.0 Å². The van der Waals surface area contributed by atoms with Gasteiger partial charge in [0.15, 0.2) is 5.78 Å². The van der Waals surface area contributed by atoms with Gasteiger partial charge in [0, 0.05) is 24.4 Å². The summed E-state index contributed by atoms with van der Waals surface area (Å²) in [6.45, 7) is -0.581. The van der Waals surface area contributed by atoms with Crippen LogP contribution < -0.4 is 5.73 Å². The normalized spacial score (nSPS) is 17.8.